The van der Waals surface area contributed by atoms with Crippen LogP contribution in [-0.2, 0) is 0 Å². The molecule has 0 atom stereocenters. The lowest BCUT2D eigenvalue weighted by atomic mass is 11.0. The molecule has 0 spiro atoms. The van der Waals surface area contributed by atoms with Gasteiger partial charge >= 0.3 is 27.1 Å². The summed E-state index contributed by atoms with van der Waals surface area (Å²) in [6.07, 6.45) is 5.08. The summed E-state index contributed by atoms with van der Waals surface area (Å²) in [5, 5.41) is 0. The van der Waals surface area contributed by atoms with Gasteiger partial charge in [0.25, 0.3) is 0 Å². The van der Waals surface area contributed by atoms with Crippen molar-refractivity contribution < 1.29 is 57.5 Å². The normalized spacial score (nSPS) is 11.0. The zero-order valence-corrected chi connectivity index (χ0v) is 12.5. The van der Waals surface area contributed by atoms with E-state index in [1.807, 2.05) is 0 Å². The Hall–Kier alpha value is -0.619. The quantitative estimate of drug-likeness (QED) is 0.193. The number of hydrogen-bond donors (Lipinski definition) is 13. The molecule has 0 amide bonds. The summed E-state index contributed by atoms with van der Waals surface area (Å²) >= 11 is 0. The van der Waals surface area contributed by atoms with E-state index in [0.29, 0.717) is 0 Å². The third kappa shape index (κ3) is 243. The Morgan fingerprint density at radius 2 is 0.850 bits per heavy atom. The van der Waals surface area contributed by atoms with Crippen LogP contribution in [0.5, 0.6) is 0 Å². The summed E-state index contributed by atoms with van der Waals surface area (Å²) in [5.41, 5.74) is 0. The predicted molar refractivity (Wildman–Crippen MR) is 62.5 cm³/mol. The predicted octanol–water partition coefficient (Wildman–Crippen LogP) is -7.42. The van der Waals surface area contributed by atoms with Gasteiger partial charge in [-0.05, 0) is 0 Å². The summed E-state index contributed by atoms with van der Waals surface area (Å²) in [6, 6.07) is 0. The first kappa shape index (κ1) is 24.4. The smallest absolute Gasteiger partial charge is 0.368 e. The Balaban J connectivity index is -0.000000193. The van der Waals surface area contributed by atoms with Crippen molar-refractivity contribution in [2.45, 2.75) is 0 Å². The lowest BCUT2D eigenvalue weighted by Crippen LogP contribution is -2.33. The average molecular weight is 356 g/mol. The van der Waals surface area contributed by atoms with Gasteiger partial charge in [-0.25, -0.2) is 4.98 Å². The Morgan fingerprint density at radius 3 is 0.900 bits per heavy atom. The highest BCUT2D eigenvalue weighted by Gasteiger charge is 2.23. The molecule has 0 saturated heterocycles. The van der Waals surface area contributed by atoms with Crippen molar-refractivity contribution in [2.75, 3.05) is 0 Å². The maximum atomic E-state index is 7.33. The fraction of sp³-hybridized carbons (Fsp3) is 0. The van der Waals surface area contributed by atoms with Crippen molar-refractivity contribution in [1.82, 2.24) is 9.97 Å². The molecule has 20 heavy (non-hydrogen) atoms. The summed E-state index contributed by atoms with van der Waals surface area (Å²) in [4.78, 5) is 94.3. The van der Waals surface area contributed by atoms with Gasteiger partial charge in [-0.2, -0.15) is 0 Å². The van der Waals surface area contributed by atoms with Crippen molar-refractivity contribution in [2.24, 2.45) is 0 Å². The first-order chi connectivity index (χ1) is 8.50. The molecule has 0 fully saturated rings. The Morgan fingerprint density at radius 1 is 0.600 bits per heavy atom. The number of rotatable bonds is 0. The molecule has 13 N–H and O–H groups in total. The van der Waals surface area contributed by atoms with E-state index in [0.717, 1.165) is 0 Å². The molecule has 0 radical (unpaired) electrons. The highest BCUT2D eigenvalue weighted by molar-refractivity contribution is 6.47. The molecule has 0 bridgehead atoms. The van der Waals surface area contributed by atoms with Crippen LogP contribution in [0, 0.1) is 0 Å². The van der Waals surface area contributed by atoms with Gasteiger partial charge < -0.3 is 62.5 Å². The van der Waals surface area contributed by atoms with E-state index >= 15 is 0 Å². The van der Waals surface area contributed by atoms with Crippen molar-refractivity contribution in [3.8, 4) is 0 Å². The van der Waals surface area contributed by atoms with Gasteiger partial charge in [0.05, 0.1) is 6.33 Å². The molecular weight excluding hydrogens is 340 g/mol. The summed E-state index contributed by atoms with van der Waals surface area (Å²) in [5.74, 6) is 0. The van der Waals surface area contributed by atoms with Gasteiger partial charge in [0, 0.05) is 12.4 Å². The standard InChI is InChI=1S/C3H4N2.3H4O4Si/c1-2-5-3-4-1;3*1-5(2,3)4/h1-3H,(H,4,5);3*1-4H. The van der Waals surface area contributed by atoms with Crippen molar-refractivity contribution >= 4 is 27.1 Å². The number of nitrogens with one attached hydrogen (secondary N) is 1. The number of nitrogens with zero attached hydrogens (tertiary/aromatic N) is 1. The second-order valence-corrected chi connectivity index (χ2v) is 6.16. The summed E-state index contributed by atoms with van der Waals surface area (Å²) < 4.78 is 0. The summed E-state index contributed by atoms with van der Waals surface area (Å²) in [6.45, 7) is 0. The molecule has 1 aromatic heterocycles. The number of H-pyrrole nitrogens is 1. The molecule has 1 heterocycles. The molecule has 0 aliphatic carbocycles. The van der Waals surface area contributed by atoms with Gasteiger partial charge in [-0.1, -0.05) is 0 Å². The van der Waals surface area contributed by atoms with Crippen LogP contribution in [0.3, 0.4) is 0 Å². The van der Waals surface area contributed by atoms with Crippen LogP contribution in [0.2, 0.25) is 0 Å². The van der Waals surface area contributed by atoms with Crippen molar-refractivity contribution in [3.63, 3.8) is 0 Å². The molecule has 0 aliphatic heterocycles. The maximum absolute atomic E-state index is 7.33. The van der Waals surface area contributed by atoms with E-state index in [2.05, 4.69) is 9.97 Å². The number of hydrogen-bond acceptors (Lipinski definition) is 13. The molecule has 0 aliphatic rings. The third-order valence-corrected chi connectivity index (χ3v) is 0.406. The van der Waals surface area contributed by atoms with Crippen LogP contribution in [0.4, 0.5) is 0 Å². The molecule has 0 aromatic carbocycles. The van der Waals surface area contributed by atoms with Crippen LogP contribution in [0.1, 0.15) is 0 Å². The fourth-order valence-electron chi connectivity index (χ4n) is 0.215. The van der Waals surface area contributed by atoms with E-state index in [1.54, 1.807) is 18.7 Å². The van der Waals surface area contributed by atoms with Crippen molar-refractivity contribution in [1.29, 1.82) is 0 Å². The SMILES string of the molecule is O[Si](O)(O)O.O[Si](O)(O)O.O[Si](O)(O)O.c1c[nH]cn1. The number of imidazole rings is 1. The fourth-order valence-corrected chi connectivity index (χ4v) is 0.215. The summed E-state index contributed by atoms with van der Waals surface area (Å²) in [7, 11) is -13.8. The van der Waals surface area contributed by atoms with E-state index in [9.17, 15) is 0 Å². The van der Waals surface area contributed by atoms with E-state index in [-0.39, 0.29) is 0 Å². The molecule has 122 valence electrons. The minimum atomic E-state index is -4.61. The highest BCUT2D eigenvalue weighted by atomic mass is 28.4. The van der Waals surface area contributed by atoms with E-state index in [4.69, 9.17) is 57.5 Å². The van der Waals surface area contributed by atoms with Crippen molar-refractivity contribution in [3.05, 3.63) is 18.7 Å². The lowest BCUT2D eigenvalue weighted by molar-refractivity contribution is 0.115. The highest BCUT2D eigenvalue weighted by Crippen LogP contribution is 1.68. The topological polar surface area (TPSA) is 271 Å². The second-order valence-electron chi connectivity index (χ2n) is 2.56. The Kier molecular flexibility index (Phi) is 13.5. The molecule has 1 rings (SSSR count). The second kappa shape index (κ2) is 11.1. The number of aromatic amines is 1. The van der Waals surface area contributed by atoms with E-state index < -0.39 is 27.1 Å². The molecule has 0 unspecified atom stereocenters. The molecule has 17 heteroatoms. The number of aromatic nitrogens is 2. The van der Waals surface area contributed by atoms with Gasteiger partial charge in [-0.15, -0.1) is 0 Å². The monoisotopic (exact) mass is 356 g/mol. The lowest BCUT2D eigenvalue weighted by Gasteiger charge is -1.91. The van der Waals surface area contributed by atoms with Gasteiger partial charge in [0.1, 0.15) is 0 Å². The zero-order chi connectivity index (χ0) is 17.0. The van der Waals surface area contributed by atoms with Crippen LogP contribution < -0.4 is 0 Å². The molecule has 0 saturated carbocycles. The van der Waals surface area contributed by atoms with Gasteiger partial charge in [-0.3, -0.25) is 0 Å². The first-order valence-corrected chi connectivity index (χ1v) is 9.48. The first-order valence-electron chi connectivity index (χ1n) is 4.11. The van der Waals surface area contributed by atoms with Crippen LogP contribution in [0.25, 0.3) is 0 Å². The Bertz CT molecular complexity index is 225. The Labute approximate surface area is 114 Å². The van der Waals surface area contributed by atoms with Crippen LogP contribution in [-0.4, -0.2) is 94.7 Å². The minimum absolute atomic E-state index is 1.62. The largest absolute Gasteiger partial charge is 0.668 e. The maximum Gasteiger partial charge on any atom is 0.668 e. The minimum Gasteiger partial charge on any atom is -0.368 e. The molecular formula is C3H16N2O12Si3. The van der Waals surface area contributed by atoms with E-state index in [1.165, 1.54) is 0 Å². The molecule has 1 aromatic rings. The third-order valence-electron chi connectivity index (χ3n) is 0.406. The average Bonchev–Trinajstić information content (AvgIpc) is 2.45. The molecule has 14 nitrogen and oxygen atoms in total. The van der Waals surface area contributed by atoms with Gasteiger partial charge in [0.2, 0.25) is 0 Å². The van der Waals surface area contributed by atoms with Gasteiger partial charge in [0.15, 0.2) is 0 Å². The van der Waals surface area contributed by atoms with Crippen LogP contribution >= 0.6 is 0 Å². The van der Waals surface area contributed by atoms with Crippen LogP contribution in [0.15, 0.2) is 18.7 Å². The zero-order valence-electron chi connectivity index (χ0n) is 9.55.